The van der Waals surface area contributed by atoms with Gasteiger partial charge in [0.1, 0.15) is 0 Å². The van der Waals surface area contributed by atoms with Crippen LogP contribution in [0.4, 0.5) is 26.7 Å². The van der Waals surface area contributed by atoms with E-state index in [1.54, 1.807) is 36.4 Å². The van der Waals surface area contributed by atoms with Crippen molar-refractivity contribution in [2.45, 2.75) is 13.8 Å². The smallest absolute Gasteiger partial charge is 0.307 e. The van der Waals surface area contributed by atoms with Crippen molar-refractivity contribution >= 4 is 29.1 Å². The summed E-state index contributed by atoms with van der Waals surface area (Å²) in [6, 6.07) is 22.6. The maximum atomic E-state index is 12.9. The van der Waals surface area contributed by atoms with E-state index in [2.05, 4.69) is 10.6 Å². The van der Waals surface area contributed by atoms with E-state index < -0.39 is 12.1 Å². The molecule has 0 bridgehead atoms. The lowest BCUT2D eigenvalue weighted by Crippen LogP contribution is -2.42. The molecule has 0 atom stereocenters. The molecule has 5 heteroatoms. The fraction of sp³-hybridized carbons (Fsp3) is 0.0909. The van der Waals surface area contributed by atoms with E-state index in [1.165, 1.54) is 0 Å². The van der Waals surface area contributed by atoms with Gasteiger partial charge in [-0.15, -0.1) is 0 Å². The fourth-order valence-electron chi connectivity index (χ4n) is 2.54. The molecule has 0 aromatic heterocycles. The number of benzene rings is 3. The number of para-hydroxylation sites is 1. The molecule has 0 spiro atoms. The number of carbonyl (C=O) groups excluding carboxylic acids is 2. The highest BCUT2D eigenvalue weighted by Gasteiger charge is 2.24. The first-order chi connectivity index (χ1) is 13.0. The molecule has 0 aliphatic heterocycles. The summed E-state index contributed by atoms with van der Waals surface area (Å²) in [7, 11) is 0. The Bertz CT molecular complexity index is 920. The molecular formula is C22H21N3O2. The first kappa shape index (κ1) is 18.2. The Morgan fingerprint density at radius 2 is 1.07 bits per heavy atom. The van der Waals surface area contributed by atoms with Crippen molar-refractivity contribution in [2.75, 3.05) is 15.5 Å². The summed E-state index contributed by atoms with van der Waals surface area (Å²) in [5.74, 6) is 0. The van der Waals surface area contributed by atoms with Crippen molar-refractivity contribution in [3.05, 3.63) is 90.0 Å². The maximum absolute atomic E-state index is 12.9. The highest BCUT2D eigenvalue weighted by atomic mass is 16.2. The second kappa shape index (κ2) is 8.19. The number of amides is 4. The van der Waals surface area contributed by atoms with Crippen LogP contribution in [0.3, 0.4) is 0 Å². The highest BCUT2D eigenvalue weighted by Crippen LogP contribution is 2.19. The number of anilines is 3. The first-order valence-corrected chi connectivity index (χ1v) is 8.63. The zero-order valence-electron chi connectivity index (χ0n) is 15.3. The minimum atomic E-state index is -0.533. The summed E-state index contributed by atoms with van der Waals surface area (Å²) in [5, 5.41) is 5.53. The van der Waals surface area contributed by atoms with Crippen LogP contribution in [-0.2, 0) is 0 Å². The van der Waals surface area contributed by atoms with Gasteiger partial charge in [-0.2, -0.15) is 0 Å². The Hall–Kier alpha value is -3.60. The van der Waals surface area contributed by atoms with Gasteiger partial charge in [0.25, 0.3) is 0 Å². The van der Waals surface area contributed by atoms with Gasteiger partial charge < -0.3 is 10.6 Å². The van der Waals surface area contributed by atoms with Crippen LogP contribution in [-0.4, -0.2) is 12.1 Å². The zero-order chi connectivity index (χ0) is 19.2. The van der Waals surface area contributed by atoms with Gasteiger partial charge in [-0.3, -0.25) is 0 Å². The minimum absolute atomic E-state index is 0.485. The van der Waals surface area contributed by atoms with Crippen LogP contribution < -0.4 is 15.5 Å². The van der Waals surface area contributed by atoms with E-state index in [0.29, 0.717) is 17.1 Å². The molecule has 2 N–H and O–H groups in total. The van der Waals surface area contributed by atoms with Gasteiger partial charge in [0, 0.05) is 11.4 Å². The van der Waals surface area contributed by atoms with Crippen LogP contribution in [0.1, 0.15) is 11.1 Å². The number of carbonyl (C=O) groups is 2. The average molecular weight is 359 g/mol. The molecule has 4 amide bonds. The Labute approximate surface area is 158 Å². The predicted molar refractivity (Wildman–Crippen MR) is 109 cm³/mol. The zero-order valence-corrected chi connectivity index (χ0v) is 15.3. The van der Waals surface area contributed by atoms with Gasteiger partial charge in [-0.1, -0.05) is 53.6 Å². The summed E-state index contributed by atoms with van der Waals surface area (Å²) >= 11 is 0. The van der Waals surface area contributed by atoms with Crippen molar-refractivity contribution in [2.24, 2.45) is 0 Å². The van der Waals surface area contributed by atoms with Crippen molar-refractivity contribution in [1.29, 1.82) is 0 Å². The molecule has 5 nitrogen and oxygen atoms in total. The topological polar surface area (TPSA) is 61.4 Å². The summed E-state index contributed by atoms with van der Waals surface area (Å²) in [5.41, 5.74) is 3.85. The number of urea groups is 2. The van der Waals surface area contributed by atoms with Gasteiger partial charge in [-0.25, -0.2) is 14.5 Å². The van der Waals surface area contributed by atoms with Crippen LogP contribution in [0.15, 0.2) is 78.9 Å². The molecular weight excluding hydrogens is 338 g/mol. The molecule has 136 valence electrons. The summed E-state index contributed by atoms with van der Waals surface area (Å²) in [6.07, 6.45) is 0. The molecule has 0 saturated heterocycles. The number of nitrogens with zero attached hydrogens (tertiary/aromatic N) is 1. The Morgan fingerprint density at radius 1 is 0.630 bits per heavy atom. The third kappa shape index (κ3) is 4.73. The fourth-order valence-corrected chi connectivity index (χ4v) is 2.54. The third-order valence-corrected chi connectivity index (χ3v) is 4.03. The largest absolute Gasteiger partial charge is 0.334 e. The summed E-state index contributed by atoms with van der Waals surface area (Å²) < 4.78 is 0. The lowest BCUT2D eigenvalue weighted by molar-refractivity contribution is 0.246. The number of nitrogens with one attached hydrogen (secondary N) is 2. The molecule has 3 rings (SSSR count). The number of aryl methyl sites for hydroxylation is 2. The maximum Gasteiger partial charge on any atom is 0.334 e. The van der Waals surface area contributed by atoms with Crippen LogP contribution in [0, 0.1) is 13.8 Å². The predicted octanol–water partition coefficient (Wildman–Crippen LogP) is 5.57. The monoisotopic (exact) mass is 359 g/mol. The van der Waals surface area contributed by atoms with E-state index in [9.17, 15) is 9.59 Å². The van der Waals surface area contributed by atoms with Crippen molar-refractivity contribution in [3.8, 4) is 0 Å². The molecule has 0 heterocycles. The van der Waals surface area contributed by atoms with Gasteiger partial charge >= 0.3 is 12.1 Å². The molecule has 3 aromatic rings. The van der Waals surface area contributed by atoms with Crippen molar-refractivity contribution in [3.63, 3.8) is 0 Å². The van der Waals surface area contributed by atoms with E-state index in [4.69, 9.17) is 0 Å². The van der Waals surface area contributed by atoms with Gasteiger partial charge in [0.05, 0.1) is 5.69 Å². The Balaban J connectivity index is 1.86. The Morgan fingerprint density at radius 3 is 1.59 bits per heavy atom. The molecule has 27 heavy (non-hydrogen) atoms. The number of hydrogen-bond donors (Lipinski definition) is 2. The van der Waals surface area contributed by atoms with Gasteiger partial charge in [0.15, 0.2) is 0 Å². The standard InChI is InChI=1S/C22H21N3O2/c1-16-8-12-19(13-9-16)24-22(27)25(20-14-10-17(2)11-15-20)21(26)23-18-6-4-3-5-7-18/h3-15H,1-2H3,(H,23,26)(H,24,27). The normalized spacial score (nSPS) is 10.1. The second-order valence-corrected chi connectivity index (χ2v) is 6.26. The molecule has 0 fully saturated rings. The lowest BCUT2D eigenvalue weighted by atomic mass is 10.2. The van der Waals surface area contributed by atoms with Crippen molar-refractivity contribution < 1.29 is 9.59 Å². The van der Waals surface area contributed by atoms with Crippen LogP contribution in [0.5, 0.6) is 0 Å². The molecule has 0 unspecified atom stereocenters. The molecule has 0 radical (unpaired) electrons. The van der Waals surface area contributed by atoms with E-state index in [1.807, 2.05) is 56.3 Å². The van der Waals surface area contributed by atoms with E-state index >= 15 is 0 Å². The summed E-state index contributed by atoms with van der Waals surface area (Å²) in [6.45, 7) is 3.92. The number of hydrogen-bond acceptors (Lipinski definition) is 2. The number of rotatable bonds is 3. The summed E-state index contributed by atoms with van der Waals surface area (Å²) in [4.78, 5) is 26.8. The SMILES string of the molecule is Cc1ccc(NC(=O)N(C(=O)Nc2ccccc2)c2ccc(C)cc2)cc1. The third-order valence-electron chi connectivity index (χ3n) is 4.03. The van der Waals surface area contributed by atoms with Crippen LogP contribution in [0.2, 0.25) is 0 Å². The lowest BCUT2D eigenvalue weighted by Gasteiger charge is -2.22. The molecule has 0 aliphatic carbocycles. The van der Waals surface area contributed by atoms with Gasteiger partial charge in [-0.05, 0) is 50.2 Å². The Kier molecular flexibility index (Phi) is 5.52. The van der Waals surface area contributed by atoms with Crippen LogP contribution >= 0.6 is 0 Å². The van der Waals surface area contributed by atoms with Crippen LogP contribution in [0.25, 0.3) is 0 Å². The molecule has 0 aliphatic rings. The average Bonchev–Trinajstić information content (AvgIpc) is 2.66. The minimum Gasteiger partial charge on any atom is -0.307 e. The second-order valence-electron chi connectivity index (χ2n) is 6.26. The molecule has 0 saturated carbocycles. The van der Waals surface area contributed by atoms with Gasteiger partial charge in [0.2, 0.25) is 0 Å². The van der Waals surface area contributed by atoms with E-state index in [-0.39, 0.29) is 0 Å². The first-order valence-electron chi connectivity index (χ1n) is 8.63. The number of imide groups is 1. The quantitative estimate of drug-likeness (QED) is 0.642. The highest BCUT2D eigenvalue weighted by molar-refractivity contribution is 6.21. The van der Waals surface area contributed by atoms with E-state index in [0.717, 1.165) is 16.0 Å². The molecule has 3 aromatic carbocycles. The van der Waals surface area contributed by atoms with Crippen molar-refractivity contribution in [1.82, 2.24) is 0 Å².